The number of nitrogens with zero attached hydrogens (tertiary/aromatic N) is 2. The highest BCUT2D eigenvalue weighted by atomic mass is 15.1. The molecule has 0 amide bonds. The highest BCUT2D eigenvalue weighted by Gasteiger charge is 2.14. The van der Waals surface area contributed by atoms with E-state index in [0.717, 1.165) is 63.2 Å². The standard InChI is InChI=1S/C19H31N5/c1-3-5-7-8-17-15-23-19(21-11-6-4-2)24-18(17)22-14-16-9-12-20-13-10-16/h15-16,20H,3-6,9-14H2,1-2H3,(H2,21,22,23,24). The molecule has 0 aromatic carbocycles. The number of unbranched alkanes of at least 4 members (excludes halogenated alkanes) is 2. The van der Waals surface area contributed by atoms with Crippen molar-refractivity contribution in [1.29, 1.82) is 0 Å². The monoisotopic (exact) mass is 329 g/mol. The van der Waals surface area contributed by atoms with E-state index in [9.17, 15) is 0 Å². The van der Waals surface area contributed by atoms with Crippen LogP contribution in [0.3, 0.4) is 0 Å². The highest BCUT2D eigenvalue weighted by molar-refractivity contribution is 5.55. The lowest BCUT2D eigenvalue weighted by molar-refractivity contribution is 0.389. The van der Waals surface area contributed by atoms with Gasteiger partial charge in [0.15, 0.2) is 0 Å². The molecule has 2 heterocycles. The Kier molecular flexibility index (Phi) is 8.40. The Balaban J connectivity index is 2.03. The minimum atomic E-state index is 0.692. The molecule has 0 radical (unpaired) electrons. The number of hydrogen-bond donors (Lipinski definition) is 3. The van der Waals surface area contributed by atoms with E-state index in [1.54, 1.807) is 0 Å². The van der Waals surface area contributed by atoms with Gasteiger partial charge in [-0.25, -0.2) is 4.98 Å². The summed E-state index contributed by atoms with van der Waals surface area (Å²) in [4.78, 5) is 9.07. The summed E-state index contributed by atoms with van der Waals surface area (Å²) >= 11 is 0. The van der Waals surface area contributed by atoms with E-state index in [4.69, 9.17) is 0 Å². The van der Waals surface area contributed by atoms with Gasteiger partial charge in [0.2, 0.25) is 5.95 Å². The molecular formula is C19H31N5. The smallest absolute Gasteiger partial charge is 0.224 e. The Morgan fingerprint density at radius 2 is 2.04 bits per heavy atom. The van der Waals surface area contributed by atoms with Gasteiger partial charge < -0.3 is 16.0 Å². The summed E-state index contributed by atoms with van der Waals surface area (Å²) < 4.78 is 0. The van der Waals surface area contributed by atoms with Crippen LogP contribution < -0.4 is 16.0 Å². The van der Waals surface area contributed by atoms with Crippen LogP contribution in [0.1, 0.15) is 57.9 Å². The molecule has 5 heteroatoms. The van der Waals surface area contributed by atoms with Crippen molar-refractivity contribution in [3.05, 3.63) is 11.8 Å². The van der Waals surface area contributed by atoms with Crippen LogP contribution in [0.5, 0.6) is 0 Å². The molecule has 1 aliphatic rings. The fourth-order valence-electron chi connectivity index (χ4n) is 2.68. The first-order chi connectivity index (χ1) is 11.8. The van der Waals surface area contributed by atoms with Crippen molar-refractivity contribution in [3.63, 3.8) is 0 Å². The summed E-state index contributed by atoms with van der Waals surface area (Å²) in [5.41, 5.74) is 0.901. The minimum Gasteiger partial charge on any atom is -0.369 e. The molecule has 0 atom stereocenters. The molecule has 0 unspecified atom stereocenters. The second-order valence-corrected chi connectivity index (χ2v) is 6.36. The zero-order valence-corrected chi connectivity index (χ0v) is 15.1. The third-order valence-electron chi connectivity index (χ3n) is 4.22. The third kappa shape index (κ3) is 6.37. The molecule has 2 rings (SSSR count). The molecule has 1 aliphatic heterocycles. The molecule has 0 spiro atoms. The van der Waals surface area contributed by atoms with Crippen molar-refractivity contribution in [2.24, 2.45) is 5.92 Å². The van der Waals surface area contributed by atoms with Gasteiger partial charge >= 0.3 is 0 Å². The maximum Gasteiger partial charge on any atom is 0.224 e. The van der Waals surface area contributed by atoms with Gasteiger partial charge in [-0.2, -0.15) is 4.98 Å². The predicted octanol–water partition coefficient (Wildman–Crippen LogP) is 3.25. The average molecular weight is 329 g/mol. The van der Waals surface area contributed by atoms with Crippen LogP contribution in [0.25, 0.3) is 0 Å². The molecule has 1 fully saturated rings. The second kappa shape index (κ2) is 10.9. The molecular weight excluding hydrogens is 298 g/mol. The Morgan fingerprint density at radius 3 is 2.79 bits per heavy atom. The van der Waals surface area contributed by atoms with Crippen molar-refractivity contribution >= 4 is 11.8 Å². The van der Waals surface area contributed by atoms with E-state index in [1.807, 2.05) is 6.20 Å². The Labute approximate surface area is 146 Å². The first kappa shape index (κ1) is 18.5. The van der Waals surface area contributed by atoms with Gasteiger partial charge in [0.05, 0.1) is 11.8 Å². The fourth-order valence-corrected chi connectivity index (χ4v) is 2.68. The molecule has 1 saturated heterocycles. The van der Waals surface area contributed by atoms with Crippen molar-refractivity contribution in [2.45, 2.75) is 52.4 Å². The first-order valence-electron chi connectivity index (χ1n) is 9.37. The average Bonchev–Trinajstić information content (AvgIpc) is 2.62. The zero-order valence-electron chi connectivity index (χ0n) is 15.1. The maximum atomic E-state index is 4.66. The summed E-state index contributed by atoms with van der Waals surface area (Å²) in [6.45, 7) is 8.41. The van der Waals surface area contributed by atoms with E-state index in [-0.39, 0.29) is 0 Å². The van der Waals surface area contributed by atoms with E-state index < -0.39 is 0 Å². The number of anilines is 2. The number of aromatic nitrogens is 2. The summed E-state index contributed by atoms with van der Waals surface area (Å²) in [5.74, 6) is 8.68. The molecule has 0 saturated carbocycles. The van der Waals surface area contributed by atoms with Gasteiger partial charge in [-0.05, 0) is 44.7 Å². The summed E-state index contributed by atoms with van der Waals surface area (Å²) in [6, 6.07) is 0. The molecule has 1 aromatic heterocycles. The fraction of sp³-hybridized carbons (Fsp3) is 0.684. The highest BCUT2D eigenvalue weighted by Crippen LogP contribution is 2.17. The molecule has 1 aromatic rings. The van der Waals surface area contributed by atoms with Crippen LogP contribution >= 0.6 is 0 Å². The van der Waals surface area contributed by atoms with Crippen molar-refractivity contribution in [3.8, 4) is 11.8 Å². The number of piperidine rings is 1. The lowest BCUT2D eigenvalue weighted by atomic mass is 9.98. The topological polar surface area (TPSA) is 61.9 Å². The van der Waals surface area contributed by atoms with E-state index in [1.165, 1.54) is 12.8 Å². The largest absolute Gasteiger partial charge is 0.369 e. The van der Waals surface area contributed by atoms with Crippen molar-refractivity contribution < 1.29 is 0 Å². The zero-order chi connectivity index (χ0) is 17.0. The van der Waals surface area contributed by atoms with E-state index >= 15 is 0 Å². The Bertz CT molecular complexity index is 540. The number of rotatable bonds is 8. The maximum absolute atomic E-state index is 4.66. The minimum absolute atomic E-state index is 0.692. The molecule has 132 valence electrons. The lowest BCUT2D eigenvalue weighted by Gasteiger charge is -2.23. The normalized spacial score (nSPS) is 14.8. The van der Waals surface area contributed by atoms with Crippen molar-refractivity contribution in [1.82, 2.24) is 15.3 Å². The van der Waals surface area contributed by atoms with Gasteiger partial charge in [-0.15, -0.1) is 0 Å². The van der Waals surface area contributed by atoms with Gasteiger partial charge in [0, 0.05) is 19.5 Å². The predicted molar refractivity (Wildman–Crippen MR) is 101 cm³/mol. The third-order valence-corrected chi connectivity index (χ3v) is 4.22. The SMILES string of the molecule is CCCC#Cc1cnc(NCCCC)nc1NCC1CCNCC1. The molecule has 5 nitrogen and oxygen atoms in total. The number of hydrogen-bond acceptors (Lipinski definition) is 5. The van der Waals surface area contributed by atoms with E-state index in [2.05, 4.69) is 51.6 Å². The van der Waals surface area contributed by atoms with Crippen LogP contribution in [0.15, 0.2) is 6.20 Å². The molecule has 3 N–H and O–H groups in total. The lowest BCUT2D eigenvalue weighted by Crippen LogP contribution is -2.31. The van der Waals surface area contributed by atoms with Gasteiger partial charge in [0.25, 0.3) is 0 Å². The van der Waals surface area contributed by atoms with Crippen LogP contribution in [-0.4, -0.2) is 36.1 Å². The van der Waals surface area contributed by atoms with Crippen LogP contribution in [0.4, 0.5) is 11.8 Å². The first-order valence-corrected chi connectivity index (χ1v) is 9.37. The Morgan fingerprint density at radius 1 is 1.21 bits per heavy atom. The van der Waals surface area contributed by atoms with Crippen LogP contribution in [-0.2, 0) is 0 Å². The number of nitrogens with one attached hydrogen (secondary N) is 3. The van der Waals surface area contributed by atoms with Crippen LogP contribution in [0, 0.1) is 17.8 Å². The summed E-state index contributed by atoms with van der Waals surface area (Å²) in [5, 5.41) is 10.2. The summed E-state index contributed by atoms with van der Waals surface area (Å²) in [7, 11) is 0. The van der Waals surface area contributed by atoms with Gasteiger partial charge in [0.1, 0.15) is 5.82 Å². The van der Waals surface area contributed by atoms with Gasteiger partial charge in [-0.1, -0.05) is 32.1 Å². The van der Waals surface area contributed by atoms with Crippen molar-refractivity contribution in [2.75, 3.05) is 36.8 Å². The van der Waals surface area contributed by atoms with Gasteiger partial charge in [-0.3, -0.25) is 0 Å². The Hall–Kier alpha value is -1.80. The van der Waals surface area contributed by atoms with E-state index in [0.29, 0.717) is 11.9 Å². The molecule has 0 bridgehead atoms. The summed E-state index contributed by atoms with van der Waals surface area (Å²) in [6.07, 6.45) is 8.54. The second-order valence-electron chi connectivity index (χ2n) is 6.36. The molecule has 0 aliphatic carbocycles. The molecule has 24 heavy (non-hydrogen) atoms. The quantitative estimate of drug-likeness (QED) is 0.505. The van der Waals surface area contributed by atoms with Crippen LogP contribution in [0.2, 0.25) is 0 Å².